The highest BCUT2D eigenvalue weighted by molar-refractivity contribution is 5.85. The molecule has 0 amide bonds. The molecule has 0 saturated carbocycles. The zero-order valence-electron chi connectivity index (χ0n) is 7.73. The van der Waals surface area contributed by atoms with Crippen molar-refractivity contribution in [2.24, 2.45) is 5.73 Å². The summed E-state index contributed by atoms with van der Waals surface area (Å²) in [7, 11) is 0. The molecule has 0 aliphatic heterocycles. The van der Waals surface area contributed by atoms with Gasteiger partial charge in [-0.1, -0.05) is 0 Å². The molecule has 1 aromatic carbocycles. The predicted octanol–water partition coefficient (Wildman–Crippen LogP) is 1.34. The Morgan fingerprint density at radius 1 is 1.14 bits per heavy atom. The Bertz CT molecular complexity index is 341. The maximum Gasteiger partial charge on any atom is 0.157 e. The molecule has 0 fully saturated rings. The first-order valence-electron chi connectivity index (χ1n) is 4.46. The molecule has 4 N–H and O–H groups in total. The third-order valence-corrected chi connectivity index (χ3v) is 2.56. The first-order valence-corrected chi connectivity index (χ1v) is 4.46. The minimum Gasteiger partial charge on any atom is -0.504 e. The van der Waals surface area contributed by atoms with Crippen LogP contribution in [0.3, 0.4) is 0 Å². The molecular formula is C10H14ClNO2. The van der Waals surface area contributed by atoms with Crippen molar-refractivity contribution in [3.63, 3.8) is 0 Å². The number of aryl methyl sites for hydroxylation is 1. The van der Waals surface area contributed by atoms with Crippen molar-refractivity contribution >= 4 is 12.4 Å². The fraction of sp³-hybridized carbons (Fsp3) is 0.400. The summed E-state index contributed by atoms with van der Waals surface area (Å²) in [5, 5.41) is 18.5. The van der Waals surface area contributed by atoms with Crippen LogP contribution in [-0.4, -0.2) is 16.3 Å². The Morgan fingerprint density at radius 3 is 2.36 bits per heavy atom. The monoisotopic (exact) mass is 215 g/mol. The molecule has 2 rings (SSSR count). The van der Waals surface area contributed by atoms with E-state index >= 15 is 0 Å². The SMILES string of the molecule is Cl.N[C@@H]1CCc2cc(O)c(O)cc2C1. The zero-order valence-corrected chi connectivity index (χ0v) is 8.55. The van der Waals surface area contributed by atoms with Crippen LogP contribution in [0.2, 0.25) is 0 Å². The van der Waals surface area contributed by atoms with Crippen molar-refractivity contribution in [3.05, 3.63) is 23.3 Å². The predicted molar refractivity (Wildman–Crippen MR) is 57.0 cm³/mol. The van der Waals surface area contributed by atoms with Gasteiger partial charge in [-0.05, 0) is 42.5 Å². The van der Waals surface area contributed by atoms with Gasteiger partial charge in [-0.15, -0.1) is 12.4 Å². The fourth-order valence-corrected chi connectivity index (χ4v) is 1.81. The fourth-order valence-electron chi connectivity index (χ4n) is 1.81. The number of hydrogen-bond acceptors (Lipinski definition) is 3. The highest BCUT2D eigenvalue weighted by Crippen LogP contribution is 2.31. The van der Waals surface area contributed by atoms with Gasteiger partial charge in [0, 0.05) is 6.04 Å². The van der Waals surface area contributed by atoms with E-state index < -0.39 is 0 Å². The Kier molecular flexibility index (Phi) is 3.24. The van der Waals surface area contributed by atoms with Gasteiger partial charge in [-0.2, -0.15) is 0 Å². The third-order valence-electron chi connectivity index (χ3n) is 2.56. The second-order valence-corrected chi connectivity index (χ2v) is 3.61. The molecule has 1 aliphatic carbocycles. The lowest BCUT2D eigenvalue weighted by Crippen LogP contribution is -2.27. The van der Waals surface area contributed by atoms with Gasteiger partial charge in [0.2, 0.25) is 0 Å². The largest absolute Gasteiger partial charge is 0.504 e. The number of hydrogen-bond donors (Lipinski definition) is 3. The summed E-state index contributed by atoms with van der Waals surface area (Å²) in [6.45, 7) is 0. The van der Waals surface area contributed by atoms with Gasteiger partial charge in [0.15, 0.2) is 11.5 Å². The molecule has 1 aliphatic rings. The van der Waals surface area contributed by atoms with Gasteiger partial charge >= 0.3 is 0 Å². The smallest absolute Gasteiger partial charge is 0.157 e. The first kappa shape index (κ1) is 11.1. The molecule has 0 heterocycles. The minimum atomic E-state index is -0.0483. The van der Waals surface area contributed by atoms with Crippen LogP contribution in [-0.2, 0) is 12.8 Å². The number of nitrogens with two attached hydrogens (primary N) is 1. The first-order chi connectivity index (χ1) is 6.16. The molecule has 0 radical (unpaired) electrons. The molecule has 0 saturated heterocycles. The minimum absolute atomic E-state index is 0. The standard InChI is InChI=1S/C10H13NO2.ClH/c11-8-2-1-6-4-9(12)10(13)5-7(6)3-8;/h4-5,8,12-13H,1-3,11H2;1H/t8-;/m1./s1. The highest BCUT2D eigenvalue weighted by atomic mass is 35.5. The van der Waals surface area contributed by atoms with Gasteiger partial charge in [-0.25, -0.2) is 0 Å². The average Bonchev–Trinajstić information content (AvgIpc) is 2.08. The van der Waals surface area contributed by atoms with Crippen molar-refractivity contribution in [3.8, 4) is 11.5 Å². The van der Waals surface area contributed by atoms with Crippen LogP contribution in [0.15, 0.2) is 12.1 Å². The van der Waals surface area contributed by atoms with E-state index in [-0.39, 0.29) is 29.9 Å². The second-order valence-electron chi connectivity index (χ2n) is 3.61. The lowest BCUT2D eigenvalue weighted by atomic mass is 9.88. The zero-order chi connectivity index (χ0) is 9.42. The summed E-state index contributed by atoms with van der Waals surface area (Å²) in [6, 6.07) is 3.44. The van der Waals surface area contributed by atoms with E-state index in [2.05, 4.69) is 0 Å². The Morgan fingerprint density at radius 2 is 1.71 bits per heavy atom. The van der Waals surface area contributed by atoms with Gasteiger partial charge in [-0.3, -0.25) is 0 Å². The molecule has 0 bridgehead atoms. The second kappa shape index (κ2) is 4.07. The molecule has 4 heteroatoms. The van der Waals surface area contributed by atoms with Crippen molar-refractivity contribution < 1.29 is 10.2 Å². The van der Waals surface area contributed by atoms with E-state index in [0.717, 1.165) is 30.4 Å². The van der Waals surface area contributed by atoms with E-state index in [4.69, 9.17) is 5.73 Å². The topological polar surface area (TPSA) is 66.5 Å². The Labute approximate surface area is 89.0 Å². The van der Waals surface area contributed by atoms with Crippen molar-refractivity contribution in [1.29, 1.82) is 0 Å². The average molecular weight is 216 g/mol. The van der Waals surface area contributed by atoms with Crippen LogP contribution in [0, 0.1) is 0 Å². The highest BCUT2D eigenvalue weighted by Gasteiger charge is 2.17. The number of aromatic hydroxyl groups is 2. The molecular weight excluding hydrogens is 202 g/mol. The van der Waals surface area contributed by atoms with Crippen LogP contribution in [0.5, 0.6) is 11.5 Å². The van der Waals surface area contributed by atoms with E-state index in [1.807, 2.05) is 0 Å². The number of phenols is 2. The number of benzene rings is 1. The van der Waals surface area contributed by atoms with Crippen LogP contribution in [0.1, 0.15) is 17.5 Å². The summed E-state index contributed by atoms with van der Waals surface area (Å²) >= 11 is 0. The van der Waals surface area contributed by atoms with Crippen molar-refractivity contribution in [2.75, 3.05) is 0 Å². The summed E-state index contributed by atoms with van der Waals surface area (Å²) in [5.41, 5.74) is 7.97. The normalized spacial score (nSPS) is 19.6. The third kappa shape index (κ3) is 1.94. The summed E-state index contributed by atoms with van der Waals surface area (Å²) < 4.78 is 0. The van der Waals surface area contributed by atoms with Gasteiger partial charge in [0.05, 0.1) is 0 Å². The molecule has 0 unspecified atom stereocenters. The maximum atomic E-state index is 9.27. The van der Waals surface area contributed by atoms with E-state index in [0.29, 0.717) is 0 Å². The van der Waals surface area contributed by atoms with E-state index in [1.165, 1.54) is 0 Å². The summed E-state index contributed by atoms with van der Waals surface area (Å²) in [5.74, 6) is -0.0814. The lowest BCUT2D eigenvalue weighted by Gasteiger charge is -2.21. The molecule has 14 heavy (non-hydrogen) atoms. The molecule has 3 nitrogen and oxygen atoms in total. The number of halogens is 1. The molecule has 1 aromatic rings. The van der Waals surface area contributed by atoms with Crippen LogP contribution >= 0.6 is 12.4 Å². The van der Waals surface area contributed by atoms with Crippen LogP contribution < -0.4 is 5.73 Å². The molecule has 78 valence electrons. The number of rotatable bonds is 0. The van der Waals surface area contributed by atoms with Gasteiger partial charge < -0.3 is 15.9 Å². The molecule has 1 atom stereocenters. The Balaban J connectivity index is 0.000000980. The summed E-state index contributed by atoms with van der Waals surface area (Å²) in [6.07, 6.45) is 2.64. The summed E-state index contributed by atoms with van der Waals surface area (Å²) in [4.78, 5) is 0. The van der Waals surface area contributed by atoms with Crippen molar-refractivity contribution in [1.82, 2.24) is 0 Å². The number of phenolic OH excluding ortho intramolecular Hbond substituents is 2. The Hall–Kier alpha value is -0.930. The van der Waals surface area contributed by atoms with Crippen LogP contribution in [0.25, 0.3) is 0 Å². The molecule has 0 aromatic heterocycles. The quantitative estimate of drug-likeness (QED) is 0.572. The molecule has 0 spiro atoms. The lowest BCUT2D eigenvalue weighted by molar-refractivity contribution is 0.401. The van der Waals surface area contributed by atoms with Gasteiger partial charge in [0.1, 0.15) is 0 Å². The van der Waals surface area contributed by atoms with E-state index in [9.17, 15) is 10.2 Å². The van der Waals surface area contributed by atoms with Crippen LogP contribution in [0.4, 0.5) is 0 Å². The van der Waals surface area contributed by atoms with Crippen molar-refractivity contribution in [2.45, 2.75) is 25.3 Å². The number of fused-ring (bicyclic) bond motifs is 1. The maximum absolute atomic E-state index is 9.27. The van der Waals surface area contributed by atoms with E-state index in [1.54, 1.807) is 12.1 Å². The van der Waals surface area contributed by atoms with Gasteiger partial charge in [0.25, 0.3) is 0 Å².